The quantitative estimate of drug-likeness (QED) is 0.716. The molecule has 3 nitrogen and oxygen atoms in total. The molecule has 17 heavy (non-hydrogen) atoms. The summed E-state index contributed by atoms with van der Waals surface area (Å²) in [5, 5.41) is 0. The molecular weight excluding hydrogens is 238 g/mol. The fourth-order valence-corrected chi connectivity index (χ4v) is 1.71. The summed E-state index contributed by atoms with van der Waals surface area (Å²) < 4.78 is 50.2. The smallest absolute Gasteiger partial charge is 0.341 e. The average Bonchev–Trinajstić information content (AvgIpc) is 2.29. The number of halogens is 4. The number of piperidine rings is 1. The number of hydrogen-bond donors (Lipinski definition) is 0. The third-order valence-electron chi connectivity index (χ3n) is 2.64. The van der Waals surface area contributed by atoms with E-state index in [2.05, 4.69) is 9.97 Å². The van der Waals surface area contributed by atoms with Crippen molar-refractivity contribution in [1.82, 2.24) is 9.97 Å². The van der Waals surface area contributed by atoms with Crippen molar-refractivity contribution in [2.24, 2.45) is 0 Å². The second-order valence-electron chi connectivity index (χ2n) is 3.90. The van der Waals surface area contributed by atoms with Gasteiger partial charge in [0.15, 0.2) is 0 Å². The molecule has 1 fully saturated rings. The van der Waals surface area contributed by atoms with Crippen molar-refractivity contribution in [3.8, 4) is 0 Å². The molecular formula is C10H11F4N3. The van der Waals surface area contributed by atoms with Gasteiger partial charge in [0.1, 0.15) is 11.9 Å². The zero-order chi connectivity index (χ0) is 12.5. The van der Waals surface area contributed by atoms with E-state index < -0.39 is 18.0 Å². The molecule has 0 amide bonds. The number of aromatic nitrogens is 2. The summed E-state index contributed by atoms with van der Waals surface area (Å²) in [6, 6.07) is 0.825. The molecule has 7 heteroatoms. The highest BCUT2D eigenvalue weighted by atomic mass is 19.4. The maximum atomic E-state index is 12.9. The Bertz CT molecular complexity index is 385. The zero-order valence-electron chi connectivity index (χ0n) is 8.91. The Morgan fingerprint density at radius 2 is 1.88 bits per heavy atom. The van der Waals surface area contributed by atoms with E-state index >= 15 is 0 Å². The predicted octanol–water partition coefficient (Wildman–Crippen LogP) is 2.43. The largest absolute Gasteiger partial charge is 0.433 e. The van der Waals surface area contributed by atoms with E-state index in [1.807, 2.05) is 0 Å². The van der Waals surface area contributed by atoms with Crippen LogP contribution in [0.5, 0.6) is 0 Å². The molecule has 0 unspecified atom stereocenters. The standard InChI is InChI=1S/C10H11F4N3/c11-7-2-5-17(6-3-7)9-15-4-1-8(16-9)10(12,13)14/h1,4,7H,2-3,5-6H2. The minimum absolute atomic E-state index is 0.0201. The van der Waals surface area contributed by atoms with Gasteiger partial charge in [0, 0.05) is 19.3 Å². The SMILES string of the molecule is FC1CCN(c2nccc(C(F)(F)F)n2)CC1. The summed E-state index contributed by atoms with van der Waals surface area (Å²) in [5.41, 5.74) is -0.968. The first-order chi connectivity index (χ1) is 7.97. The lowest BCUT2D eigenvalue weighted by atomic mass is 10.1. The van der Waals surface area contributed by atoms with Gasteiger partial charge in [-0.1, -0.05) is 0 Å². The van der Waals surface area contributed by atoms with E-state index in [0.717, 1.165) is 12.3 Å². The number of anilines is 1. The molecule has 2 rings (SSSR count). The Morgan fingerprint density at radius 1 is 1.24 bits per heavy atom. The lowest BCUT2D eigenvalue weighted by Crippen LogP contribution is -2.35. The van der Waals surface area contributed by atoms with E-state index in [9.17, 15) is 17.6 Å². The Kier molecular flexibility index (Phi) is 3.17. The van der Waals surface area contributed by atoms with E-state index in [4.69, 9.17) is 0 Å². The highest BCUT2D eigenvalue weighted by molar-refractivity contribution is 5.31. The molecule has 0 atom stereocenters. The molecule has 0 saturated carbocycles. The highest BCUT2D eigenvalue weighted by Gasteiger charge is 2.33. The molecule has 1 aromatic heterocycles. The molecule has 0 radical (unpaired) electrons. The first-order valence-electron chi connectivity index (χ1n) is 5.26. The molecule has 0 aromatic carbocycles. The minimum atomic E-state index is -4.48. The van der Waals surface area contributed by atoms with Crippen molar-refractivity contribution >= 4 is 5.95 Å². The molecule has 1 aromatic rings. The van der Waals surface area contributed by atoms with Crippen molar-refractivity contribution in [3.63, 3.8) is 0 Å². The second-order valence-corrected chi connectivity index (χ2v) is 3.90. The summed E-state index contributed by atoms with van der Waals surface area (Å²) in [5.74, 6) is 0.0201. The van der Waals surface area contributed by atoms with Crippen LogP contribution in [0.4, 0.5) is 23.5 Å². The average molecular weight is 249 g/mol. The summed E-state index contributed by atoms with van der Waals surface area (Å²) >= 11 is 0. The summed E-state index contributed by atoms with van der Waals surface area (Å²) in [6.45, 7) is 0.699. The lowest BCUT2D eigenvalue weighted by Gasteiger charge is -2.28. The van der Waals surface area contributed by atoms with Crippen LogP contribution in [0.3, 0.4) is 0 Å². The number of hydrogen-bond acceptors (Lipinski definition) is 3. The molecule has 94 valence electrons. The maximum absolute atomic E-state index is 12.9. The first-order valence-corrected chi connectivity index (χ1v) is 5.26. The molecule has 0 bridgehead atoms. The number of alkyl halides is 4. The van der Waals surface area contributed by atoms with Crippen LogP contribution in [0.25, 0.3) is 0 Å². The summed E-state index contributed by atoms with van der Waals surface area (Å²) in [6.07, 6.45) is -3.67. The Morgan fingerprint density at radius 3 is 2.47 bits per heavy atom. The van der Waals surface area contributed by atoms with E-state index in [1.54, 1.807) is 4.90 Å². The van der Waals surface area contributed by atoms with Crippen molar-refractivity contribution in [2.45, 2.75) is 25.2 Å². The Hall–Kier alpha value is -1.40. The molecule has 1 aliphatic rings. The van der Waals surface area contributed by atoms with Crippen LogP contribution in [0.1, 0.15) is 18.5 Å². The third-order valence-corrected chi connectivity index (χ3v) is 2.64. The van der Waals surface area contributed by atoms with Gasteiger partial charge in [-0.2, -0.15) is 13.2 Å². The van der Waals surface area contributed by atoms with Gasteiger partial charge in [-0.15, -0.1) is 0 Å². The maximum Gasteiger partial charge on any atom is 0.433 e. The fraction of sp³-hybridized carbons (Fsp3) is 0.600. The highest BCUT2D eigenvalue weighted by Crippen LogP contribution is 2.28. The van der Waals surface area contributed by atoms with Gasteiger partial charge in [0.2, 0.25) is 5.95 Å². The normalized spacial score (nSPS) is 18.5. The van der Waals surface area contributed by atoms with Crippen LogP contribution in [0, 0.1) is 0 Å². The van der Waals surface area contributed by atoms with Crippen molar-refractivity contribution < 1.29 is 17.6 Å². The fourth-order valence-electron chi connectivity index (χ4n) is 1.71. The van der Waals surface area contributed by atoms with Gasteiger partial charge in [-0.05, 0) is 18.9 Å². The van der Waals surface area contributed by atoms with E-state index in [0.29, 0.717) is 25.9 Å². The Balaban J connectivity index is 2.16. The minimum Gasteiger partial charge on any atom is -0.341 e. The van der Waals surface area contributed by atoms with E-state index in [1.165, 1.54) is 0 Å². The molecule has 0 aliphatic carbocycles. The molecule has 1 saturated heterocycles. The number of rotatable bonds is 1. The monoisotopic (exact) mass is 249 g/mol. The van der Waals surface area contributed by atoms with Gasteiger partial charge in [-0.25, -0.2) is 14.4 Å². The lowest BCUT2D eigenvalue weighted by molar-refractivity contribution is -0.141. The number of nitrogens with zero attached hydrogens (tertiary/aromatic N) is 3. The Labute approximate surface area is 95.5 Å². The summed E-state index contributed by atoms with van der Waals surface area (Å²) in [7, 11) is 0. The van der Waals surface area contributed by atoms with Gasteiger partial charge >= 0.3 is 6.18 Å². The van der Waals surface area contributed by atoms with Crippen LogP contribution in [0.2, 0.25) is 0 Å². The zero-order valence-corrected chi connectivity index (χ0v) is 8.91. The summed E-state index contributed by atoms with van der Waals surface area (Å²) in [4.78, 5) is 8.83. The van der Waals surface area contributed by atoms with Crippen LogP contribution >= 0.6 is 0 Å². The third kappa shape index (κ3) is 2.83. The molecule has 2 heterocycles. The molecule has 0 spiro atoms. The van der Waals surface area contributed by atoms with Gasteiger partial charge < -0.3 is 4.90 Å². The van der Waals surface area contributed by atoms with Crippen LogP contribution in [0.15, 0.2) is 12.3 Å². The van der Waals surface area contributed by atoms with Gasteiger partial charge in [0.25, 0.3) is 0 Å². The predicted molar refractivity (Wildman–Crippen MR) is 53.4 cm³/mol. The van der Waals surface area contributed by atoms with Crippen LogP contribution < -0.4 is 4.90 Å². The van der Waals surface area contributed by atoms with Crippen molar-refractivity contribution in [2.75, 3.05) is 18.0 Å². The van der Waals surface area contributed by atoms with Crippen molar-refractivity contribution in [1.29, 1.82) is 0 Å². The van der Waals surface area contributed by atoms with E-state index in [-0.39, 0.29) is 5.95 Å². The molecule has 0 N–H and O–H groups in total. The van der Waals surface area contributed by atoms with Gasteiger partial charge in [0.05, 0.1) is 0 Å². The van der Waals surface area contributed by atoms with Crippen LogP contribution in [-0.4, -0.2) is 29.2 Å². The topological polar surface area (TPSA) is 29.0 Å². The first kappa shape index (κ1) is 12.1. The molecule has 1 aliphatic heterocycles. The second kappa shape index (κ2) is 4.46. The van der Waals surface area contributed by atoms with Crippen molar-refractivity contribution in [3.05, 3.63) is 18.0 Å². The van der Waals surface area contributed by atoms with Crippen LogP contribution in [-0.2, 0) is 6.18 Å². The van der Waals surface area contributed by atoms with Gasteiger partial charge in [-0.3, -0.25) is 0 Å².